The maximum Gasteiger partial charge on any atom is 0.0638 e. The lowest BCUT2D eigenvalue weighted by Crippen LogP contribution is -2.58. The molecule has 2 aliphatic rings. The first-order valence-corrected chi connectivity index (χ1v) is 7.55. The third-order valence-electron chi connectivity index (χ3n) is 4.82. The van der Waals surface area contributed by atoms with Gasteiger partial charge in [0.2, 0.25) is 0 Å². The summed E-state index contributed by atoms with van der Waals surface area (Å²) in [5.41, 5.74) is 0. The standard InChI is InChI=1S/C15H27N3/c1-13-11-18(14-7-5-3-4-6-8-14)15(9-10-16)12-17(13)2/h13-15H,3-9,11-12H2,1-2H3. The maximum absolute atomic E-state index is 9.05. The van der Waals surface area contributed by atoms with Gasteiger partial charge in [0.05, 0.1) is 12.5 Å². The van der Waals surface area contributed by atoms with Gasteiger partial charge in [0.1, 0.15) is 0 Å². The molecule has 1 saturated carbocycles. The van der Waals surface area contributed by atoms with E-state index in [4.69, 9.17) is 5.26 Å². The lowest BCUT2D eigenvalue weighted by Gasteiger charge is -2.46. The fourth-order valence-corrected chi connectivity index (χ4v) is 3.53. The van der Waals surface area contributed by atoms with E-state index in [1.165, 1.54) is 38.5 Å². The molecular formula is C15H27N3. The van der Waals surface area contributed by atoms with Crippen LogP contribution in [-0.2, 0) is 0 Å². The highest BCUT2D eigenvalue weighted by molar-refractivity contribution is 4.94. The highest BCUT2D eigenvalue weighted by atomic mass is 15.3. The van der Waals surface area contributed by atoms with Crippen molar-refractivity contribution >= 4 is 0 Å². The molecule has 0 aromatic heterocycles. The van der Waals surface area contributed by atoms with Gasteiger partial charge in [0.15, 0.2) is 0 Å². The molecule has 18 heavy (non-hydrogen) atoms. The van der Waals surface area contributed by atoms with Gasteiger partial charge >= 0.3 is 0 Å². The number of nitriles is 1. The molecule has 0 N–H and O–H groups in total. The molecule has 2 atom stereocenters. The van der Waals surface area contributed by atoms with Crippen LogP contribution in [0.2, 0.25) is 0 Å². The Kier molecular flexibility index (Phi) is 5.03. The molecule has 3 nitrogen and oxygen atoms in total. The second-order valence-corrected chi connectivity index (χ2v) is 6.15. The van der Waals surface area contributed by atoms with Crippen LogP contribution in [0.15, 0.2) is 0 Å². The molecule has 0 aromatic rings. The van der Waals surface area contributed by atoms with E-state index in [1.54, 1.807) is 0 Å². The quantitative estimate of drug-likeness (QED) is 0.705. The zero-order valence-corrected chi connectivity index (χ0v) is 11.9. The Labute approximate surface area is 112 Å². The second kappa shape index (κ2) is 6.54. The Hall–Kier alpha value is -0.590. The van der Waals surface area contributed by atoms with Crippen LogP contribution in [0.5, 0.6) is 0 Å². The molecule has 1 aliphatic heterocycles. The maximum atomic E-state index is 9.05. The molecule has 2 rings (SSSR count). The van der Waals surface area contributed by atoms with E-state index in [0.717, 1.165) is 19.1 Å². The molecule has 1 saturated heterocycles. The Morgan fingerprint density at radius 2 is 1.78 bits per heavy atom. The first-order valence-electron chi connectivity index (χ1n) is 7.55. The minimum absolute atomic E-state index is 0.458. The molecule has 0 radical (unpaired) electrons. The molecule has 0 amide bonds. The molecule has 0 aromatic carbocycles. The van der Waals surface area contributed by atoms with Crippen LogP contribution in [0.3, 0.4) is 0 Å². The lowest BCUT2D eigenvalue weighted by atomic mass is 9.98. The summed E-state index contributed by atoms with van der Waals surface area (Å²) in [5, 5.41) is 9.05. The Morgan fingerprint density at radius 1 is 1.11 bits per heavy atom. The van der Waals surface area contributed by atoms with Crippen LogP contribution in [0.1, 0.15) is 51.9 Å². The van der Waals surface area contributed by atoms with Crippen molar-refractivity contribution < 1.29 is 0 Å². The van der Waals surface area contributed by atoms with Gasteiger partial charge in [0, 0.05) is 31.2 Å². The van der Waals surface area contributed by atoms with Crippen molar-refractivity contribution in [2.24, 2.45) is 0 Å². The van der Waals surface area contributed by atoms with Gasteiger partial charge in [-0.1, -0.05) is 25.7 Å². The van der Waals surface area contributed by atoms with Gasteiger partial charge in [0.25, 0.3) is 0 Å². The first kappa shape index (κ1) is 13.8. The summed E-state index contributed by atoms with van der Waals surface area (Å²) >= 11 is 0. The summed E-state index contributed by atoms with van der Waals surface area (Å²) in [4.78, 5) is 5.08. The van der Waals surface area contributed by atoms with Crippen molar-refractivity contribution in [3.05, 3.63) is 0 Å². The molecule has 2 unspecified atom stereocenters. The van der Waals surface area contributed by atoms with Crippen LogP contribution in [-0.4, -0.2) is 48.1 Å². The van der Waals surface area contributed by atoms with Crippen LogP contribution in [0, 0.1) is 11.3 Å². The zero-order chi connectivity index (χ0) is 13.0. The number of nitrogens with zero attached hydrogens (tertiary/aromatic N) is 3. The minimum atomic E-state index is 0.458. The predicted octanol–water partition coefficient (Wildman–Crippen LogP) is 2.63. The second-order valence-electron chi connectivity index (χ2n) is 6.15. The van der Waals surface area contributed by atoms with E-state index in [9.17, 15) is 0 Å². The van der Waals surface area contributed by atoms with Crippen molar-refractivity contribution in [3.8, 4) is 6.07 Å². The number of piperazine rings is 1. The molecular weight excluding hydrogens is 222 g/mol. The average molecular weight is 249 g/mol. The van der Waals surface area contributed by atoms with Crippen molar-refractivity contribution in [1.29, 1.82) is 5.26 Å². The third kappa shape index (κ3) is 3.24. The normalized spacial score (nSPS) is 32.9. The highest BCUT2D eigenvalue weighted by Gasteiger charge is 2.33. The van der Waals surface area contributed by atoms with Crippen molar-refractivity contribution in [3.63, 3.8) is 0 Å². The lowest BCUT2D eigenvalue weighted by molar-refractivity contribution is 0.0175. The monoisotopic (exact) mass is 249 g/mol. The number of hydrogen-bond acceptors (Lipinski definition) is 3. The van der Waals surface area contributed by atoms with Gasteiger partial charge in [-0.15, -0.1) is 0 Å². The summed E-state index contributed by atoms with van der Waals surface area (Å²) in [6.07, 6.45) is 8.95. The van der Waals surface area contributed by atoms with E-state index in [2.05, 4.69) is 29.8 Å². The van der Waals surface area contributed by atoms with Crippen LogP contribution in [0.25, 0.3) is 0 Å². The highest BCUT2D eigenvalue weighted by Crippen LogP contribution is 2.27. The zero-order valence-electron chi connectivity index (χ0n) is 11.9. The fourth-order valence-electron chi connectivity index (χ4n) is 3.53. The van der Waals surface area contributed by atoms with E-state index >= 15 is 0 Å². The Morgan fingerprint density at radius 3 is 2.39 bits per heavy atom. The fraction of sp³-hybridized carbons (Fsp3) is 0.933. The summed E-state index contributed by atoms with van der Waals surface area (Å²) in [6.45, 7) is 4.52. The molecule has 0 bridgehead atoms. The summed E-state index contributed by atoms with van der Waals surface area (Å²) in [7, 11) is 2.19. The van der Waals surface area contributed by atoms with Crippen molar-refractivity contribution in [2.45, 2.75) is 70.0 Å². The molecule has 3 heteroatoms. The van der Waals surface area contributed by atoms with Crippen LogP contribution < -0.4 is 0 Å². The molecule has 102 valence electrons. The topological polar surface area (TPSA) is 30.3 Å². The van der Waals surface area contributed by atoms with E-state index in [1.807, 2.05) is 0 Å². The van der Waals surface area contributed by atoms with E-state index < -0.39 is 0 Å². The molecule has 0 spiro atoms. The van der Waals surface area contributed by atoms with Gasteiger partial charge in [-0.3, -0.25) is 4.90 Å². The average Bonchev–Trinajstić information content (AvgIpc) is 2.62. The summed E-state index contributed by atoms with van der Waals surface area (Å²) in [5.74, 6) is 0. The summed E-state index contributed by atoms with van der Waals surface area (Å²) < 4.78 is 0. The smallest absolute Gasteiger partial charge is 0.0638 e. The van der Waals surface area contributed by atoms with Crippen LogP contribution in [0.4, 0.5) is 0 Å². The predicted molar refractivity (Wildman–Crippen MR) is 74.3 cm³/mol. The van der Waals surface area contributed by atoms with E-state index in [-0.39, 0.29) is 0 Å². The minimum Gasteiger partial charge on any atom is -0.301 e. The Balaban J connectivity index is 2.03. The van der Waals surface area contributed by atoms with Gasteiger partial charge in [-0.2, -0.15) is 5.26 Å². The van der Waals surface area contributed by atoms with Crippen molar-refractivity contribution in [1.82, 2.24) is 9.80 Å². The van der Waals surface area contributed by atoms with Gasteiger partial charge in [-0.25, -0.2) is 0 Å². The largest absolute Gasteiger partial charge is 0.301 e. The first-order chi connectivity index (χ1) is 8.72. The van der Waals surface area contributed by atoms with Crippen LogP contribution >= 0.6 is 0 Å². The third-order valence-corrected chi connectivity index (χ3v) is 4.82. The molecule has 1 heterocycles. The number of hydrogen-bond donors (Lipinski definition) is 0. The molecule has 2 fully saturated rings. The Bertz CT molecular complexity index is 289. The van der Waals surface area contributed by atoms with Crippen molar-refractivity contribution in [2.75, 3.05) is 20.1 Å². The summed E-state index contributed by atoms with van der Waals surface area (Å²) in [6, 6.07) is 4.21. The SMILES string of the molecule is CC1CN(C2CCCCCC2)C(CC#N)CN1C. The van der Waals surface area contributed by atoms with E-state index in [0.29, 0.717) is 18.5 Å². The van der Waals surface area contributed by atoms with Gasteiger partial charge in [-0.05, 0) is 26.8 Å². The van der Waals surface area contributed by atoms with Gasteiger partial charge < -0.3 is 4.90 Å². The number of likely N-dealkylation sites (N-methyl/N-ethyl adjacent to an activating group) is 1. The molecule has 1 aliphatic carbocycles. The number of rotatable bonds is 2.